The van der Waals surface area contributed by atoms with Crippen molar-refractivity contribution in [1.82, 2.24) is 14.5 Å². The molecule has 2 heterocycles. The van der Waals surface area contributed by atoms with E-state index >= 15 is 0 Å². The number of primary amides is 1. The lowest BCUT2D eigenvalue weighted by atomic mass is 10.1. The molecule has 2 amide bonds. The molecule has 0 aliphatic carbocycles. The summed E-state index contributed by atoms with van der Waals surface area (Å²) in [5.74, 6) is -0.797. The van der Waals surface area contributed by atoms with Crippen molar-refractivity contribution in [2.45, 2.75) is 13.0 Å². The normalized spacial score (nSPS) is 11.2. The number of aromatic nitrogens is 3. The Morgan fingerprint density at radius 1 is 0.871 bits per heavy atom. The van der Waals surface area contributed by atoms with Gasteiger partial charge < -0.3 is 15.6 Å². The van der Waals surface area contributed by atoms with E-state index in [-0.39, 0.29) is 17.9 Å². The van der Waals surface area contributed by atoms with Crippen LogP contribution in [-0.2, 0) is 11.3 Å². The number of hydrogen-bond acceptors (Lipinski definition) is 4. The van der Waals surface area contributed by atoms with Crippen molar-refractivity contribution < 1.29 is 9.59 Å². The van der Waals surface area contributed by atoms with Gasteiger partial charge in [-0.25, -0.2) is 9.97 Å². The number of aryl methyl sites for hydroxylation is 1. The van der Waals surface area contributed by atoms with Gasteiger partial charge in [-0.05, 0) is 30.3 Å². The van der Waals surface area contributed by atoms with Gasteiger partial charge in [0, 0.05) is 18.4 Å². The van der Waals surface area contributed by atoms with Crippen molar-refractivity contribution in [2.24, 2.45) is 5.73 Å². The molecule has 31 heavy (non-hydrogen) atoms. The van der Waals surface area contributed by atoms with E-state index in [1.54, 1.807) is 24.3 Å². The number of nitrogens with one attached hydrogen (secondary N) is 1. The van der Waals surface area contributed by atoms with Gasteiger partial charge in [0.2, 0.25) is 5.91 Å². The Morgan fingerprint density at radius 3 is 2.35 bits per heavy atom. The van der Waals surface area contributed by atoms with E-state index in [0.29, 0.717) is 12.2 Å². The molecule has 0 unspecified atom stereocenters. The Morgan fingerprint density at radius 2 is 1.55 bits per heavy atom. The van der Waals surface area contributed by atoms with E-state index < -0.39 is 5.91 Å². The van der Waals surface area contributed by atoms with Gasteiger partial charge in [-0.3, -0.25) is 9.59 Å². The third-order valence-electron chi connectivity index (χ3n) is 5.29. The lowest BCUT2D eigenvalue weighted by Crippen LogP contribution is -2.19. The van der Waals surface area contributed by atoms with E-state index in [2.05, 4.69) is 5.32 Å². The minimum Gasteiger partial charge on any atom is -0.366 e. The fraction of sp³-hybridized carbons (Fsp3) is 0.0833. The fourth-order valence-corrected chi connectivity index (χ4v) is 3.84. The maximum Gasteiger partial charge on any atom is 0.250 e. The van der Waals surface area contributed by atoms with Crippen LogP contribution in [0.3, 0.4) is 0 Å². The standard InChI is InChI=1S/C24H19N5O2/c25-23(31)15-7-1-3-9-17(15)26-21(30)13-14-29-20-12-6-2-8-16(20)22-24(29)28-19-11-5-4-10-18(19)27-22/h1-12H,13-14H2,(H2,25,31)(H,26,30). The van der Waals surface area contributed by atoms with Crippen LogP contribution >= 0.6 is 0 Å². The van der Waals surface area contributed by atoms with E-state index in [4.69, 9.17) is 15.7 Å². The van der Waals surface area contributed by atoms with Gasteiger partial charge in [0.05, 0.1) is 27.8 Å². The van der Waals surface area contributed by atoms with Crippen molar-refractivity contribution in [3.8, 4) is 0 Å². The minimum atomic E-state index is -0.583. The maximum atomic E-state index is 12.7. The smallest absolute Gasteiger partial charge is 0.250 e. The molecule has 2 aromatic heterocycles. The molecule has 7 heteroatoms. The highest BCUT2D eigenvalue weighted by molar-refractivity contribution is 6.07. The van der Waals surface area contributed by atoms with E-state index in [1.165, 1.54) is 0 Å². The molecule has 7 nitrogen and oxygen atoms in total. The molecule has 0 bridgehead atoms. The molecule has 0 atom stereocenters. The van der Waals surface area contributed by atoms with Gasteiger partial charge in [-0.15, -0.1) is 0 Å². The van der Waals surface area contributed by atoms with Crippen LogP contribution in [0.4, 0.5) is 5.69 Å². The number of para-hydroxylation sites is 4. The summed E-state index contributed by atoms with van der Waals surface area (Å²) in [5, 5.41) is 3.79. The van der Waals surface area contributed by atoms with E-state index in [1.807, 2.05) is 53.1 Å². The van der Waals surface area contributed by atoms with Crippen molar-refractivity contribution in [2.75, 3.05) is 5.32 Å². The SMILES string of the molecule is NC(=O)c1ccccc1NC(=O)CCn1c2ccccc2c2nc3ccccc3nc21. The van der Waals surface area contributed by atoms with Crippen LogP contribution < -0.4 is 11.1 Å². The summed E-state index contributed by atoms with van der Waals surface area (Å²) < 4.78 is 2.02. The molecule has 3 aromatic carbocycles. The highest BCUT2D eigenvalue weighted by Gasteiger charge is 2.16. The molecular weight excluding hydrogens is 390 g/mol. The lowest BCUT2D eigenvalue weighted by molar-refractivity contribution is -0.116. The third-order valence-corrected chi connectivity index (χ3v) is 5.29. The first kappa shape index (κ1) is 18.7. The molecule has 0 saturated carbocycles. The van der Waals surface area contributed by atoms with Crippen molar-refractivity contribution in [3.05, 3.63) is 78.4 Å². The van der Waals surface area contributed by atoms with Crippen molar-refractivity contribution in [1.29, 1.82) is 0 Å². The molecule has 5 rings (SSSR count). The third kappa shape index (κ3) is 3.36. The molecule has 152 valence electrons. The van der Waals surface area contributed by atoms with Crippen LogP contribution in [0.5, 0.6) is 0 Å². The number of hydrogen-bond donors (Lipinski definition) is 2. The maximum absolute atomic E-state index is 12.7. The number of carbonyl (C=O) groups is 2. The first-order chi connectivity index (χ1) is 15.1. The molecule has 3 N–H and O–H groups in total. The van der Waals surface area contributed by atoms with Crippen LogP contribution in [-0.4, -0.2) is 26.3 Å². The average molecular weight is 409 g/mol. The quantitative estimate of drug-likeness (QED) is 0.460. The van der Waals surface area contributed by atoms with Gasteiger partial charge in [0.25, 0.3) is 5.91 Å². The lowest BCUT2D eigenvalue weighted by Gasteiger charge is -2.10. The highest BCUT2D eigenvalue weighted by Crippen LogP contribution is 2.28. The molecule has 0 aliphatic heterocycles. The summed E-state index contributed by atoms with van der Waals surface area (Å²) in [7, 11) is 0. The summed E-state index contributed by atoms with van der Waals surface area (Å²) >= 11 is 0. The Balaban J connectivity index is 1.49. The Hall–Kier alpha value is -4.26. The van der Waals surface area contributed by atoms with Gasteiger partial charge in [-0.2, -0.15) is 0 Å². The summed E-state index contributed by atoms with van der Waals surface area (Å²) in [6.45, 7) is 0.418. The van der Waals surface area contributed by atoms with Gasteiger partial charge in [0.1, 0.15) is 5.52 Å². The number of amides is 2. The second-order valence-electron chi connectivity index (χ2n) is 7.26. The van der Waals surface area contributed by atoms with Crippen LogP contribution in [0.25, 0.3) is 33.1 Å². The van der Waals surface area contributed by atoms with Crippen LogP contribution in [0.2, 0.25) is 0 Å². The predicted octanol–water partition coefficient (Wildman–Crippen LogP) is 3.87. The second-order valence-corrected chi connectivity index (χ2v) is 7.26. The van der Waals surface area contributed by atoms with E-state index in [0.717, 1.165) is 33.1 Å². The zero-order chi connectivity index (χ0) is 21.4. The van der Waals surface area contributed by atoms with Crippen molar-refractivity contribution in [3.63, 3.8) is 0 Å². The second kappa shape index (κ2) is 7.53. The number of benzene rings is 3. The minimum absolute atomic E-state index is 0.204. The first-order valence-corrected chi connectivity index (χ1v) is 9.94. The first-order valence-electron chi connectivity index (χ1n) is 9.94. The van der Waals surface area contributed by atoms with Gasteiger partial charge >= 0.3 is 0 Å². The molecular formula is C24H19N5O2. The van der Waals surface area contributed by atoms with Gasteiger partial charge in [0.15, 0.2) is 5.65 Å². The Kier molecular flexibility index (Phi) is 4.55. The summed E-state index contributed by atoms with van der Waals surface area (Å²) in [6.07, 6.45) is 0.204. The Labute approximate surface area is 177 Å². The number of nitrogens with zero attached hydrogens (tertiary/aromatic N) is 3. The van der Waals surface area contributed by atoms with Gasteiger partial charge in [-0.1, -0.05) is 42.5 Å². The molecule has 5 aromatic rings. The molecule has 0 saturated heterocycles. The number of fused-ring (bicyclic) bond motifs is 4. The van der Waals surface area contributed by atoms with Crippen LogP contribution in [0.15, 0.2) is 72.8 Å². The topological polar surface area (TPSA) is 103 Å². The predicted molar refractivity (Wildman–Crippen MR) is 121 cm³/mol. The van der Waals surface area contributed by atoms with Crippen LogP contribution in [0.1, 0.15) is 16.8 Å². The molecule has 0 fully saturated rings. The number of rotatable bonds is 5. The van der Waals surface area contributed by atoms with Crippen molar-refractivity contribution >= 4 is 50.6 Å². The zero-order valence-corrected chi connectivity index (χ0v) is 16.6. The van der Waals surface area contributed by atoms with E-state index in [9.17, 15) is 9.59 Å². The number of nitrogens with two attached hydrogens (primary N) is 1. The zero-order valence-electron chi connectivity index (χ0n) is 16.6. The summed E-state index contributed by atoms with van der Waals surface area (Å²) in [5.41, 5.74) is 10.3. The van der Waals surface area contributed by atoms with Crippen LogP contribution in [0, 0.1) is 0 Å². The monoisotopic (exact) mass is 409 g/mol. The molecule has 0 spiro atoms. The summed E-state index contributed by atoms with van der Waals surface area (Å²) in [4.78, 5) is 33.9. The number of anilines is 1. The largest absolute Gasteiger partial charge is 0.366 e. The average Bonchev–Trinajstić information content (AvgIpc) is 3.09. The fourth-order valence-electron chi connectivity index (χ4n) is 3.84. The molecule has 0 aliphatic rings. The number of carbonyl (C=O) groups excluding carboxylic acids is 2. The summed E-state index contributed by atoms with van der Waals surface area (Å²) in [6, 6.07) is 22.4. The molecule has 0 radical (unpaired) electrons. The Bertz CT molecular complexity index is 1470. The highest BCUT2D eigenvalue weighted by atomic mass is 16.2.